The van der Waals surface area contributed by atoms with Gasteiger partial charge in [0.1, 0.15) is 19.3 Å². The van der Waals surface area contributed by atoms with Gasteiger partial charge in [-0.1, -0.05) is 25.7 Å². The van der Waals surface area contributed by atoms with Crippen LogP contribution in [0, 0.1) is 0 Å². The maximum absolute atomic E-state index is 13.5. The normalized spacial score (nSPS) is 20.7. The van der Waals surface area contributed by atoms with Gasteiger partial charge in [0.15, 0.2) is 17.3 Å². The number of aromatic nitrogens is 5. The van der Waals surface area contributed by atoms with E-state index in [0.717, 1.165) is 55.5 Å². The van der Waals surface area contributed by atoms with Crippen LogP contribution >= 0.6 is 0 Å². The van der Waals surface area contributed by atoms with E-state index in [1.165, 1.54) is 25.7 Å². The first-order valence-corrected chi connectivity index (χ1v) is 12.3. The molecule has 1 saturated carbocycles. The van der Waals surface area contributed by atoms with Crippen LogP contribution < -0.4 is 15.0 Å². The van der Waals surface area contributed by atoms with Crippen molar-refractivity contribution in [3.05, 3.63) is 39.9 Å². The minimum absolute atomic E-state index is 0.102. The Bertz CT molecular complexity index is 1190. The molecule has 0 spiro atoms. The summed E-state index contributed by atoms with van der Waals surface area (Å²) in [6.45, 7) is 2.91. The standard InChI is InChI=1S/C24H30N6O3/c31-24-18(13-16-14-20-21(15-19(16)25-24)33-12-11-32-20)22(29-9-5-1-2-6-10-29)23-26-27-28-30(23)17-7-3-4-8-17/h13-15,17,22H,1-12H2,(H,25,31)/t22-/m0/s1. The Kier molecular flexibility index (Phi) is 5.49. The van der Waals surface area contributed by atoms with E-state index in [4.69, 9.17) is 9.47 Å². The van der Waals surface area contributed by atoms with Gasteiger partial charge in [-0.2, -0.15) is 0 Å². The monoisotopic (exact) mass is 450 g/mol. The number of hydrogen-bond acceptors (Lipinski definition) is 7. The molecule has 0 unspecified atom stereocenters. The Morgan fingerprint density at radius 2 is 1.67 bits per heavy atom. The quantitative estimate of drug-likeness (QED) is 0.651. The van der Waals surface area contributed by atoms with Crippen molar-refractivity contribution in [2.45, 2.75) is 63.5 Å². The molecule has 2 aliphatic heterocycles. The number of tetrazole rings is 1. The van der Waals surface area contributed by atoms with Gasteiger partial charge >= 0.3 is 0 Å². The molecule has 1 aromatic carbocycles. The summed E-state index contributed by atoms with van der Waals surface area (Å²) in [6.07, 6.45) is 9.23. The van der Waals surface area contributed by atoms with Crippen molar-refractivity contribution in [3.63, 3.8) is 0 Å². The summed E-state index contributed by atoms with van der Waals surface area (Å²) in [5, 5.41) is 13.9. The first-order chi connectivity index (χ1) is 16.3. The number of rotatable bonds is 4. The second-order valence-electron chi connectivity index (χ2n) is 9.41. The highest BCUT2D eigenvalue weighted by molar-refractivity contribution is 5.83. The average Bonchev–Trinajstić information content (AvgIpc) is 3.46. The smallest absolute Gasteiger partial charge is 0.253 e. The maximum atomic E-state index is 13.5. The van der Waals surface area contributed by atoms with Crippen LogP contribution in [-0.2, 0) is 0 Å². The summed E-state index contributed by atoms with van der Waals surface area (Å²) < 4.78 is 13.5. The summed E-state index contributed by atoms with van der Waals surface area (Å²) in [4.78, 5) is 19.0. The fraction of sp³-hybridized carbons (Fsp3) is 0.583. The molecule has 9 nitrogen and oxygen atoms in total. The number of benzene rings is 1. The van der Waals surface area contributed by atoms with Gasteiger partial charge in [-0.25, -0.2) is 4.68 Å². The van der Waals surface area contributed by atoms with Crippen molar-refractivity contribution >= 4 is 10.9 Å². The number of H-pyrrole nitrogens is 1. The minimum Gasteiger partial charge on any atom is -0.486 e. The van der Waals surface area contributed by atoms with E-state index < -0.39 is 0 Å². The van der Waals surface area contributed by atoms with Crippen LogP contribution in [0.2, 0.25) is 0 Å². The lowest BCUT2D eigenvalue weighted by molar-refractivity contribution is 0.172. The Morgan fingerprint density at radius 3 is 2.42 bits per heavy atom. The number of aromatic amines is 1. The number of fused-ring (bicyclic) bond motifs is 2. The Labute approximate surface area is 192 Å². The van der Waals surface area contributed by atoms with E-state index in [0.29, 0.717) is 36.3 Å². The van der Waals surface area contributed by atoms with Crippen LogP contribution in [-0.4, -0.2) is 56.4 Å². The second kappa shape index (κ2) is 8.78. The summed E-state index contributed by atoms with van der Waals surface area (Å²) in [5.41, 5.74) is 1.34. The van der Waals surface area contributed by atoms with Crippen LogP contribution in [0.25, 0.3) is 10.9 Å². The highest BCUT2D eigenvalue weighted by atomic mass is 16.6. The fourth-order valence-electron chi connectivity index (χ4n) is 5.60. The molecule has 9 heteroatoms. The van der Waals surface area contributed by atoms with Gasteiger partial charge in [-0.05, 0) is 61.3 Å². The Hall–Kier alpha value is -2.94. The van der Waals surface area contributed by atoms with E-state index in [1.54, 1.807) is 0 Å². The van der Waals surface area contributed by atoms with Gasteiger partial charge in [0.2, 0.25) is 0 Å². The van der Waals surface area contributed by atoms with E-state index >= 15 is 0 Å². The highest BCUT2D eigenvalue weighted by Crippen LogP contribution is 2.37. The second-order valence-corrected chi connectivity index (χ2v) is 9.41. The van der Waals surface area contributed by atoms with Crippen LogP contribution in [0.1, 0.15) is 74.8 Å². The predicted molar refractivity (Wildman–Crippen MR) is 123 cm³/mol. The number of nitrogens with zero attached hydrogens (tertiary/aromatic N) is 5. The molecule has 1 N–H and O–H groups in total. The lowest BCUT2D eigenvalue weighted by Gasteiger charge is -2.30. The van der Waals surface area contributed by atoms with Gasteiger partial charge in [0.05, 0.1) is 11.6 Å². The molecule has 2 aromatic heterocycles. The summed E-state index contributed by atoms with van der Waals surface area (Å²) in [7, 11) is 0. The molecular weight excluding hydrogens is 420 g/mol. The van der Waals surface area contributed by atoms with Crippen LogP contribution in [0.5, 0.6) is 11.5 Å². The predicted octanol–water partition coefficient (Wildman–Crippen LogP) is 3.37. The van der Waals surface area contributed by atoms with Crippen LogP contribution in [0.3, 0.4) is 0 Å². The molecule has 1 aliphatic carbocycles. The first kappa shape index (κ1) is 20.7. The van der Waals surface area contributed by atoms with Crippen molar-refractivity contribution in [2.24, 2.45) is 0 Å². The number of hydrogen-bond donors (Lipinski definition) is 1. The molecular formula is C24H30N6O3. The van der Waals surface area contributed by atoms with E-state index in [1.807, 2.05) is 22.9 Å². The molecule has 4 heterocycles. The highest BCUT2D eigenvalue weighted by Gasteiger charge is 2.33. The molecule has 174 valence electrons. The first-order valence-electron chi connectivity index (χ1n) is 12.3. The van der Waals surface area contributed by atoms with Crippen molar-refractivity contribution in [1.82, 2.24) is 30.1 Å². The van der Waals surface area contributed by atoms with E-state index in [2.05, 4.69) is 25.4 Å². The fourth-order valence-corrected chi connectivity index (χ4v) is 5.60. The zero-order valence-corrected chi connectivity index (χ0v) is 18.8. The van der Waals surface area contributed by atoms with Crippen LogP contribution in [0.4, 0.5) is 0 Å². The lowest BCUT2D eigenvalue weighted by Crippen LogP contribution is -2.36. The largest absolute Gasteiger partial charge is 0.486 e. The number of nitrogens with one attached hydrogen (secondary N) is 1. The number of ether oxygens (including phenoxy) is 2. The average molecular weight is 451 g/mol. The van der Waals surface area contributed by atoms with Crippen molar-refractivity contribution in [2.75, 3.05) is 26.3 Å². The van der Waals surface area contributed by atoms with Gasteiger partial charge in [0, 0.05) is 17.0 Å². The summed E-state index contributed by atoms with van der Waals surface area (Å²) >= 11 is 0. The van der Waals surface area contributed by atoms with Gasteiger partial charge < -0.3 is 14.5 Å². The lowest BCUT2D eigenvalue weighted by atomic mass is 10.0. The SMILES string of the molecule is O=c1[nH]c2cc3c(cc2cc1[C@@H](c1nnnn1C1CCCC1)N1CCCCCC1)OCCO3. The van der Waals surface area contributed by atoms with Crippen LogP contribution in [0.15, 0.2) is 23.0 Å². The molecule has 3 aliphatic rings. The molecule has 3 aromatic rings. The Morgan fingerprint density at radius 1 is 0.939 bits per heavy atom. The van der Waals surface area contributed by atoms with E-state index in [9.17, 15) is 4.79 Å². The van der Waals surface area contributed by atoms with Gasteiger partial charge in [0.25, 0.3) is 5.56 Å². The molecule has 0 bridgehead atoms. The van der Waals surface area contributed by atoms with Crippen molar-refractivity contribution < 1.29 is 9.47 Å². The number of pyridine rings is 1. The van der Waals surface area contributed by atoms with Gasteiger partial charge in [-0.15, -0.1) is 5.10 Å². The molecule has 2 fully saturated rings. The molecule has 0 radical (unpaired) electrons. The zero-order valence-electron chi connectivity index (χ0n) is 18.8. The number of likely N-dealkylation sites (tertiary alicyclic amines) is 1. The summed E-state index contributed by atoms with van der Waals surface area (Å²) in [5.74, 6) is 2.17. The minimum atomic E-state index is -0.278. The van der Waals surface area contributed by atoms with Crippen molar-refractivity contribution in [3.8, 4) is 11.5 Å². The molecule has 0 amide bonds. The topological polar surface area (TPSA) is 98.2 Å². The third kappa shape index (κ3) is 3.88. The Balaban J connectivity index is 1.49. The third-order valence-corrected chi connectivity index (χ3v) is 7.27. The molecule has 1 saturated heterocycles. The van der Waals surface area contributed by atoms with Gasteiger partial charge in [-0.3, -0.25) is 9.69 Å². The zero-order chi connectivity index (χ0) is 22.2. The molecule has 1 atom stereocenters. The summed E-state index contributed by atoms with van der Waals surface area (Å²) in [6, 6.07) is 5.85. The maximum Gasteiger partial charge on any atom is 0.253 e. The molecule has 33 heavy (non-hydrogen) atoms. The van der Waals surface area contributed by atoms with Crippen molar-refractivity contribution in [1.29, 1.82) is 0 Å². The van der Waals surface area contributed by atoms with E-state index in [-0.39, 0.29) is 11.6 Å². The molecule has 6 rings (SSSR count). The third-order valence-electron chi connectivity index (χ3n) is 7.27.